The molecule has 0 bridgehead atoms. The number of carbonyl (C=O) groups is 1. The molecule has 1 aliphatic heterocycles. The Bertz CT molecular complexity index is 422. The largest absolute Gasteiger partial charge is 0.507 e. The summed E-state index contributed by atoms with van der Waals surface area (Å²) in [4.78, 5) is 13.3. The number of hydrogen-bond acceptors (Lipinski definition) is 2. The maximum atomic E-state index is 12.8. The summed E-state index contributed by atoms with van der Waals surface area (Å²) in [5.74, 6) is 0. The van der Waals surface area contributed by atoms with Gasteiger partial charge < -0.3 is 22.6 Å². The van der Waals surface area contributed by atoms with Crippen molar-refractivity contribution in [3.63, 3.8) is 0 Å². The third-order valence-corrected chi connectivity index (χ3v) is 3.52. The summed E-state index contributed by atoms with van der Waals surface area (Å²) in [7, 11) is 0. The van der Waals surface area contributed by atoms with Gasteiger partial charge >= 0.3 is 13.1 Å². The van der Waals surface area contributed by atoms with Gasteiger partial charge in [0.05, 0.1) is 0 Å². The summed E-state index contributed by atoms with van der Waals surface area (Å²) in [6, 6.07) is 0. The van der Waals surface area contributed by atoms with Gasteiger partial charge in [0.15, 0.2) is 0 Å². The van der Waals surface area contributed by atoms with Crippen LogP contribution in [0.3, 0.4) is 0 Å². The highest BCUT2D eigenvalue weighted by Crippen LogP contribution is 2.49. The fourth-order valence-electron chi connectivity index (χ4n) is 2.28. The van der Waals surface area contributed by atoms with E-state index >= 15 is 0 Å². The number of amides is 1. The second-order valence-corrected chi connectivity index (χ2v) is 6.35. The van der Waals surface area contributed by atoms with Crippen molar-refractivity contribution >= 4 is 13.1 Å². The average Bonchev–Trinajstić information content (AvgIpc) is 2.94. The molecule has 1 spiro atoms. The molecule has 7 heteroatoms. The Labute approximate surface area is 110 Å². The fourth-order valence-corrected chi connectivity index (χ4v) is 2.28. The van der Waals surface area contributed by atoms with Crippen molar-refractivity contribution in [2.75, 3.05) is 6.54 Å². The molecule has 0 atom stereocenters. The van der Waals surface area contributed by atoms with E-state index in [1.165, 1.54) is 11.0 Å². The molecule has 19 heavy (non-hydrogen) atoms. The molecule has 0 aromatic carbocycles. The van der Waals surface area contributed by atoms with E-state index in [0.29, 0.717) is 0 Å². The van der Waals surface area contributed by atoms with Crippen LogP contribution in [0.15, 0.2) is 11.5 Å². The van der Waals surface area contributed by atoms with Gasteiger partial charge in [-0.15, -0.1) is 11.5 Å². The summed E-state index contributed by atoms with van der Waals surface area (Å²) in [6.07, 6.45) is 2.38. The van der Waals surface area contributed by atoms with E-state index in [1.807, 2.05) is 0 Å². The molecule has 1 fully saturated rings. The first-order valence-corrected chi connectivity index (χ1v) is 6.43. The molecular formula is C12H18BF3NO2-. The summed E-state index contributed by atoms with van der Waals surface area (Å²) in [5, 5.41) is 0. The van der Waals surface area contributed by atoms with Crippen LogP contribution < -0.4 is 0 Å². The van der Waals surface area contributed by atoms with Gasteiger partial charge in [-0.25, -0.2) is 4.79 Å². The van der Waals surface area contributed by atoms with Crippen molar-refractivity contribution in [1.29, 1.82) is 0 Å². The second kappa shape index (κ2) is 4.18. The molecule has 0 unspecified atom stereocenters. The zero-order valence-electron chi connectivity index (χ0n) is 11.4. The lowest BCUT2D eigenvalue weighted by molar-refractivity contribution is 0.0142. The Kier molecular flexibility index (Phi) is 3.14. The molecule has 2 rings (SSSR count). The number of halogens is 3. The maximum absolute atomic E-state index is 12.8. The fraction of sp³-hybridized carbons (Fsp3) is 0.750. The summed E-state index contributed by atoms with van der Waals surface area (Å²) in [5.41, 5.74) is -1.71. The van der Waals surface area contributed by atoms with Gasteiger partial charge in [-0.05, 0) is 40.0 Å². The minimum Gasteiger partial charge on any atom is -0.445 e. The number of rotatable bonds is 1. The summed E-state index contributed by atoms with van der Waals surface area (Å²) < 4.78 is 43.6. The highest BCUT2D eigenvalue weighted by atomic mass is 19.4. The van der Waals surface area contributed by atoms with Gasteiger partial charge in [-0.1, -0.05) is 0 Å². The lowest BCUT2D eigenvalue weighted by Crippen LogP contribution is -2.49. The predicted octanol–water partition coefficient (Wildman–Crippen LogP) is 3.47. The van der Waals surface area contributed by atoms with Crippen LogP contribution in [0.5, 0.6) is 0 Å². The van der Waals surface area contributed by atoms with E-state index in [4.69, 9.17) is 4.74 Å². The first kappa shape index (κ1) is 14.3. The Morgan fingerprint density at radius 1 is 1.37 bits per heavy atom. The molecule has 1 heterocycles. The molecule has 108 valence electrons. The SMILES string of the molecule is CC(C)(C)OC(=O)N1CC([B-](F)(F)F)=CCC12CC2. The third-order valence-electron chi connectivity index (χ3n) is 3.52. The number of hydrogen-bond donors (Lipinski definition) is 0. The van der Waals surface area contributed by atoms with Gasteiger partial charge in [0.25, 0.3) is 0 Å². The van der Waals surface area contributed by atoms with Gasteiger partial charge in [-0.3, -0.25) is 0 Å². The third kappa shape index (κ3) is 3.07. The average molecular weight is 276 g/mol. The van der Waals surface area contributed by atoms with Crippen molar-refractivity contribution in [3.8, 4) is 0 Å². The van der Waals surface area contributed by atoms with Crippen LogP contribution in [0.25, 0.3) is 0 Å². The Morgan fingerprint density at radius 3 is 2.37 bits per heavy atom. The van der Waals surface area contributed by atoms with Crippen LogP contribution in [-0.2, 0) is 4.74 Å². The van der Waals surface area contributed by atoms with Gasteiger partial charge in [-0.2, -0.15) is 0 Å². The second-order valence-electron chi connectivity index (χ2n) is 6.35. The van der Waals surface area contributed by atoms with Crippen LogP contribution in [0.4, 0.5) is 17.7 Å². The summed E-state index contributed by atoms with van der Waals surface area (Å²) >= 11 is 0. The highest BCUT2D eigenvalue weighted by Gasteiger charge is 2.53. The smallest absolute Gasteiger partial charge is 0.445 e. The maximum Gasteiger partial charge on any atom is 0.507 e. The van der Waals surface area contributed by atoms with Crippen LogP contribution in [-0.4, -0.2) is 35.7 Å². The van der Waals surface area contributed by atoms with E-state index in [2.05, 4.69) is 0 Å². The molecule has 2 aliphatic rings. The lowest BCUT2D eigenvalue weighted by atomic mass is 9.75. The first-order valence-electron chi connectivity index (χ1n) is 6.43. The van der Waals surface area contributed by atoms with Gasteiger partial charge in [0.1, 0.15) is 5.60 Å². The minimum atomic E-state index is -5.03. The molecule has 3 nitrogen and oxygen atoms in total. The Morgan fingerprint density at radius 2 is 1.95 bits per heavy atom. The van der Waals surface area contributed by atoms with E-state index in [-0.39, 0.29) is 13.0 Å². The van der Waals surface area contributed by atoms with E-state index in [0.717, 1.165) is 12.8 Å². The molecule has 0 radical (unpaired) electrons. The van der Waals surface area contributed by atoms with E-state index in [1.54, 1.807) is 20.8 Å². The van der Waals surface area contributed by atoms with E-state index < -0.39 is 29.7 Å². The minimum absolute atomic E-state index is 0.281. The topological polar surface area (TPSA) is 29.5 Å². The zero-order chi connectivity index (χ0) is 14.5. The van der Waals surface area contributed by atoms with E-state index in [9.17, 15) is 17.7 Å². The van der Waals surface area contributed by atoms with Crippen molar-refractivity contribution < 1.29 is 22.5 Å². The normalized spacial score (nSPS) is 22.2. The Hall–Kier alpha value is -1.14. The molecule has 0 aromatic rings. The molecular weight excluding hydrogens is 258 g/mol. The summed E-state index contributed by atoms with van der Waals surface area (Å²) in [6.45, 7) is -0.285. The molecule has 0 N–H and O–H groups in total. The predicted molar refractivity (Wildman–Crippen MR) is 66.7 cm³/mol. The van der Waals surface area contributed by atoms with Crippen LogP contribution >= 0.6 is 0 Å². The zero-order valence-corrected chi connectivity index (χ0v) is 11.4. The van der Waals surface area contributed by atoms with Crippen LogP contribution in [0.2, 0.25) is 0 Å². The number of nitrogens with zero attached hydrogens (tertiary/aromatic N) is 1. The van der Waals surface area contributed by atoms with Crippen molar-refractivity contribution in [3.05, 3.63) is 11.5 Å². The van der Waals surface area contributed by atoms with Crippen LogP contribution in [0.1, 0.15) is 40.0 Å². The lowest BCUT2D eigenvalue weighted by Gasteiger charge is -2.39. The number of ether oxygens (including phenoxy) is 1. The monoisotopic (exact) mass is 276 g/mol. The quantitative estimate of drug-likeness (QED) is 0.686. The van der Waals surface area contributed by atoms with Crippen LogP contribution in [0, 0.1) is 0 Å². The molecule has 1 amide bonds. The highest BCUT2D eigenvalue weighted by molar-refractivity contribution is 6.67. The van der Waals surface area contributed by atoms with Gasteiger partial charge in [0, 0.05) is 12.1 Å². The van der Waals surface area contributed by atoms with Gasteiger partial charge in [0.2, 0.25) is 0 Å². The number of carbonyl (C=O) groups excluding carboxylic acids is 1. The molecule has 0 aromatic heterocycles. The van der Waals surface area contributed by atoms with Crippen molar-refractivity contribution in [2.24, 2.45) is 0 Å². The standard InChI is InChI=1S/C12H18BF3NO2/c1-11(2,3)19-10(18)17-8-9(13(14,15)16)4-5-12(17)6-7-12/h4H,5-8H2,1-3H3/q-1. The molecule has 1 saturated carbocycles. The van der Waals surface area contributed by atoms with Crippen molar-refractivity contribution in [2.45, 2.75) is 51.2 Å². The molecule has 1 aliphatic carbocycles. The molecule has 0 saturated heterocycles. The van der Waals surface area contributed by atoms with Crippen molar-refractivity contribution in [1.82, 2.24) is 4.90 Å². The Balaban J connectivity index is 2.16. The first-order chi connectivity index (χ1) is 8.54.